The molecule has 0 atom stereocenters. The second-order valence-electron chi connectivity index (χ2n) is 8.68. The van der Waals surface area contributed by atoms with Crippen LogP contribution in [0.3, 0.4) is 0 Å². The van der Waals surface area contributed by atoms with Crippen molar-refractivity contribution >= 4 is 54.9 Å². The molecule has 8 nitrogen and oxygen atoms in total. The van der Waals surface area contributed by atoms with Gasteiger partial charge in [-0.15, -0.1) is 0 Å². The number of rotatable bonds is 9. The van der Waals surface area contributed by atoms with Crippen molar-refractivity contribution in [3.05, 3.63) is 61.0 Å². The summed E-state index contributed by atoms with van der Waals surface area (Å²) in [5, 5.41) is 5.12. The minimum Gasteiger partial charge on any atom is -0.490 e. The van der Waals surface area contributed by atoms with Crippen LogP contribution in [0.15, 0.2) is 49.2 Å². The van der Waals surface area contributed by atoms with E-state index in [9.17, 15) is 9.59 Å². The molecule has 0 unspecified atom stereocenters. The number of nitrogens with zero attached hydrogens (tertiary/aromatic N) is 3. The van der Waals surface area contributed by atoms with E-state index in [0.29, 0.717) is 44.9 Å². The lowest BCUT2D eigenvalue weighted by Gasteiger charge is -2.22. The van der Waals surface area contributed by atoms with Crippen LogP contribution in [0.1, 0.15) is 63.3 Å². The lowest BCUT2D eigenvalue weighted by atomic mass is 9.88. The first kappa shape index (κ1) is 27.3. The molecule has 1 aliphatic carbocycles. The Kier molecular flexibility index (Phi) is 9.37. The van der Waals surface area contributed by atoms with Crippen LogP contribution >= 0.6 is 31.9 Å². The van der Waals surface area contributed by atoms with Crippen LogP contribution in [0.25, 0.3) is 10.9 Å². The fourth-order valence-electron chi connectivity index (χ4n) is 4.39. The second-order valence-corrected chi connectivity index (χ2v) is 10.4. The van der Waals surface area contributed by atoms with Crippen LogP contribution in [0, 0.1) is 0 Å². The molecule has 196 valence electrons. The van der Waals surface area contributed by atoms with Gasteiger partial charge in [-0.25, -0.2) is 9.78 Å². The van der Waals surface area contributed by atoms with Gasteiger partial charge in [0.15, 0.2) is 18.1 Å². The summed E-state index contributed by atoms with van der Waals surface area (Å²) >= 11 is 7.01. The number of benzene rings is 2. The maximum Gasteiger partial charge on any atom is 0.344 e. The molecule has 1 saturated carbocycles. The van der Waals surface area contributed by atoms with E-state index in [-0.39, 0.29) is 24.7 Å². The minimum absolute atomic E-state index is 0.174. The number of ether oxygens (including phenoxy) is 3. The fraction of sp³-hybridized carbons (Fsp3) is 0.407. The van der Waals surface area contributed by atoms with Crippen molar-refractivity contribution in [2.75, 3.05) is 19.8 Å². The number of carbonyl (C=O) groups excluding carboxylic acids is 1. The number of carbonyl (C=O) groups is 1. The number of aromatic nitrogens is 2. The predicted molar refractivity (Wildman–Crippen MR) is 150 cm³/mol. The van der Waals surface area contributed by atoms with Crippen LogP contribution in [0.5, 0.6) is 11.5 Å². The van der Waals surface area contributed by atoms with Gasteiger partial charge in [0.2, 0.25) is 0 Å². The summed E-state index contributed by atoms with van der Waals surface area (Å²) in [7, 11) is 0. The first-order valence-electron chi connectivity index (χ1n) is 12.4. The molecule has 0 radical (unpaired) electrons. The standard InChI is InChI=1S/C27H29Br2N3O5/c1-3-35-23-12-18(21(29)14-24(23)37-16-25(33)36-4-2)15-30-32-26(17-8-6-5-7-9-17)31-22-11-10-19(28)13-20(22)27(32)34/h10-15,17H,3-9,16H2,1-2H3. The number of hydrogen-bond donors (Lipinski definition) is 0. The molecule has 0 amide bonds. The maximum atomic E-state index is 13.6. The number of halogens is 2. The molecule has 1 aromatic heterocycles. The van der Waals surface area contributed by atoms with Gasteiger partial charge in [-0.2, -0.15) is 9.78 Å². The lowest BCUT2D eigenvalue weighted by molar-refractivity contribution is -0.145. The van der Waals surface area contributed by atoms with Crippen molar-refractivity contribution in [2.45, 2.75) is 51.9 Å². The number of esters is 1. The Morgan fingerprint density at radius 1 is 1.08 bits per heavy atom. The minimum atomic E-state index is -0.461. The molecule has 1 heterocycles. The van der Waals surface area contributed by atoms with Gasteiger partial charge in [0.25, 0.3) is 5.56 Å². The zero-order valence-electron chi connectivity index (χ0n) is 20.8. The Balaban J connectivity index is 1.73. The van der Waals surface area contributed by atoms with E-state index in [1.54, 1.807) is 31.3 Å². The highest BCUT2D eigenvalue weighted by molar-refractivity contribution is 9.10. The lowest BCUT2D eigenvalue weighted by Crippen LogP contribution is -2.25. The van der Waals surface area contributed by atoms with Gasteiger partial charge >= 0.3 is 5.97 Å². The molecule has 0 N–H and O–H groups in total. The first-order valence-corrected chi connectivity index (χ1v) is 14.0. The van der Waals surface area contributed by atoms with Gasteiger partial charge in [0.05, 0.1) is 30.3 Å². The van der Waals surface area contributed by atoms with E-state index in [1.165, 1.54) is 11.1 Å². The van der Waals surface area contributed by atoms with Crippen LogP contribution < -0.4 is 15.0 Å². The summed E-state index contributed by atoms with van der Waals surface area (Å²) in [5.41, 5.74) is 1.14. The predicted octanol–water partition coefficient (Wildman–Crippen LogP) is 6.19. The third-order valence-corrected chi connectivity index (χ3v) is 7.31. The van der Waals surface area contributed by atoms with E-state index in [0.717, 1.165) is 30.2 Å². The van der Waals surface area contributed by atoms with E-state index in [1.807, 2.05) is 19.1 Å². The van der Waals surface area contributed by atoms with Crippen molar-refractivity contribution < 1.29 is 19.0 Å². The third-order valence-electron chi connectivity index (χ3n) is 6.13. The molecule has 2 aromatic carbocycles. The molecular formula is C27H29Br2N3O5. The van der Waals surface area contributed by atoms with Crippen LogP contribution in [-0.2, 0) is 9.53 Å². The highest BCUT2D eigenvalue weighted by Gasteiger charge is 2.22. The molecule has 1 aliphatic rings. The van der Waals surface area contributed by atoms with Crippen molar-refractivity contribution in [3.63, 3.8) is 0 Å². The van der Waals surface area contributed by atoms with E-state index >= 15 is 0 Å². The smallest absolute Gasteiger partial charge is 0.344 e. The van der Waals surface area contributed by atoms with Gasteiger partial charge in [-0.05, 0) is 73.0 Å². The van der Waals surface area contributed by atoms with Crippen molar-refractivity contribution in [3.8, 4) is 11.5 Å². The highest BCUT2D eigenvalue weighted by atomic mass is 79.9. The monoisotopic (exact) mass is 633 g/mol. The summed E-state index contributed by atoms with van der Waals surface area (Å²) in [4.78, 5) is 30.2. The zero-order chi connectivity index (χ0) is 26.4. The average molecular weight is 635 g/mol. The molecule has 37 heavy (non-hydrogen) atoms. The SMILES string of the molecule is CCOC(=O)COc1cc(Br)c(C=Nn2c(C3CCCCC3)nc3ccc(Br)cc3c2=O)cc1OCC. The average Bonchev–Trinajstić information content (AvgIpc) is 2.89. The van der Waals surface area contributed by atoms with Crippen molar-refractivity contribution in [1.82, 2.24) is 9.66 Å². The first-order chi connectivity index (χ1) is 17.9. The molecular weight excluding hydrogens is 606 g/mol. The fourth-order valence-corrected chi connectivity index (χ4v) is 5.18. The largest absolute Gasteiger partial charge is 0.490 e. The van der Waals surface area contributed by atoms with Crippen LogP contribution in [0.4, 0.5) is 0 Å². The number of hydrogen-bond acceptors (Lipinski definition) is 7. The summed E-state index contributed by atoms with van der Waals surface area (Å²) in [6, 6.07) is 9.01. The van der Waals surface area contributed by atoms with Gasteiger partial charge < -0.3 is 14.2 Å². The normalized spacial score (nSPS) is 14.3. The van der Waals surface area contributed by atoms with Crippen LogP contribution in [0.2, 0.25) is 0 Å². The quantitative estimate of drug-likeness (QED) is 0.206. The molecule has 0 bridgehead atoms. The van der Waals surface area contributed by atoms with Gasteiger partial charge in [0.1, 0.15) is 5.82 Å². The summed E-state index contributed by atoms with van der Waals surface area (Å²) < 4.78 is 19.2. The molecule has 10 heteroatoms. The van der Waals surface area contributed by atoms with Gasteiger partial charge in [-0.1, -0.05) is 35.2 Å². The molecule has 0 aliphatic heterocycles. The zero-order valence-corrected chi connectivity index (χ0v) is 24.0. The van der Waals surface area contributed by atoms with Gasteiger partial charge in [-0.3, -0.25) is 4.79 Å². The third kappa shape index (κ3) is 6.59. The Morgan fingerprint density at radius 2 is 1.84 bits per heavy atom. The number of fused-ring (bicyclic) bond motifs is 1. The highest BCUT2D eigenvalue weighted by Crippen LogP contribution is 2.34. The second kappa shape index (κ2) is 12.7. The molecule has 3 aromatic rings. The van der Waals surface area contributed by atoms with Crippen molar-refractivity contribution in [2.24, 2.45) is 5.10 Å². The van der Waals surface area contributed by atoms with Gasteiger partial charge in [0, 0.05) is 20.4 Å². The van der Waals surface area contributed by atoms with Crippen molar-refractivity contribution in [1.29, 1.82) is 0 Å². The molecule has 0 spiro atoms. The Morgan fingerprint density at radius 3 is 2.57 bits per heavy atom. The topological polar surface area (TPSA) is 92.0 Å². The van der Waals surface area contributed by atoms with E-state index in [4.69, 9.17) is 19.2 Å². The molecule has 0 saturated heterocycles. The van der Waals surface area contributed by atoms with E-state index in [2.05, 4.69) is 37.0 Å². The summed E-state index contributed by atoms with van der Waals surface area (Å²) in [6.07, 6.45) is 6.99. The summed E-state index contributed by atoms with van der Waals surface area (Å²) in [5.74, 6) is 1.25. The Bertz CT molecular complexity index is 1370. The Labute approximate surface area is 232 Å². The van der Waals surface area contributed by atoms with E-state index < -0.39 is 5.97 Å². The van der Waals surface area contributed by atoms with Crippen LogP contribution in [-0.4, -0.2) is 41.7 Å². The summed E-state index contributed by atoms with van der Waals surface area (Å²) in [6.45, 7) is 4.06. The maximum absolute atomic E-state index is 13.6. The molecule has 1 fully saturated rings. The molecule has 4 rings (SSSR count). The Hall–Kier alpha value is -2.72.